The maximum atomic E-state index is 6.62. The van der Waals surface area contributed by atoms with Gasteiger partial charge in [0.05, 0.1) is 11.2 Å². The van der Waals surface area contributed by atoms with Crippen LogP contribution in [-0.4, -0.2) is 23.4 Å². The molecule has 0 spiro atoms. The second-order valence-electron chi connectivity index (χ2n) is 8.19. The van der Waals surface area contributed by atoms with Crippen molar-refractivity contribution in [3.8, 4) is 0 Å². The molecule has 0 saturated carbocycles. The monoisotopic (exact) mass is 428 g/mol. The Morgan fingerprint density at radius 3 is 2.72 bits per heavy atom. The van der Waals surface area contributed by atoms with Crippen molar-refractivity contribution in [3.05, 3.63) is 58.6 Å². The average molecular weight is 429 g/mol. The highest BCUT2D eigenvalue weighted by atomic mass is 35.5. The quantitative estimate of drug-likeness (QED) is 0.339. The van der Waals surface area contributed by atoms with Crippen molar-refractivity contribution >= 4 is 46.5 Å². The molecule has 0 saturated heterocycles. The third-order valence-corrected chi connectivity index (χ3v) is 5.87. The summed E-state index contributed by atoms with van der Waals surface area (Å²) >= 11 is 11.9. The molecule has 29 heavy (non-hydrogen) atoms. The number of nitrogens with zero attached hydrogens (tertiary/aromatic N) is 2. The van der Waals surface area contributed by atoms with E-state index in [1.165, 1.54) is 11.3 Å². The highest BCUT2D eigenvalue weighted by Gasteiger charge is 2.36. The van der Waals surface area contributed by atoms with E-state index in [0.717, 1.165) is 30.6 Å². The maximum absolute atomic E-state index is 6.62. The van der Waals surface area contributed by atoms with E-state index in [1.807, 2.05) is 30.3 Å². The van der Waals surface area contributed by atoms with E-state index in [4.69, 9.17) is 23.8 Å². The van der Waals surface area contributed by atoms with E-state index in [1.54, 1.807) is 6.21 Å². The van der Waals surface area contributed by atoms with Crippen molar-refractivity contribution in [1.29, 1.82) is 0 Å². The lowest BCUT2D eigenvalue weighted by atomic mass is 9.79. The van der Waals surface area contributed by atoms with Crippen LogP contribution in [0.3, 0.4) is 0 Å². The van der Waals surface area contributed by atoms with Crippen LogP contribution in [0.25, 0.3) is 0 Å². The molecule has 0 radical (unpaired) electrons. The summed E-state index contributed by atoms with van der Waals surface area (Å²) in [5, 5.41) is 8.51. The maximum Gasteiger partial charge on any atom is 0.191 e. The van der Waals surface area contributed by atoms with Crippen LogP contribution in [0.1, 0.15) is 57.6 Å². The largest absolute Gasteiger partial charge is 0.366 e. The van der Waals surface area contributed by atoms with Gasteiger partial charge in [0.25, 0.3) is 0 Å². The van der Waals surface area contributed by atoms with Gasteiger partial charge in [-0.05, 0) is 74.7 Å². The highest BCUT2D eigenvalue weighted by molar-refractivity contribution is 7.80. The Morgan fingerprint density at radius 1 is 1.31 bits per heavy atom. The van der Waals surface area contributed by atoms with Gasteiger partial charge >= 0.3 is 0 Å². The number of hydrogen-bond acceptors (Lipinski definition) is 3. The van der Waals surface area contributed by atoms with E-state index >= 15 is 0 Å². The fourth-order valence-electron chi connectivity index (χ4n) is 4.11. The summed E-state index contributed by atoms with van der Waals surface area (Å²) in [6, 6.07) is 14.0. The number of para-hydroxylation sites is 1. The number of benzene rings is 2. The Morgan fingerprint density at radius 2 is 2.03 bits per heavy atom. The molecule has 154 valence electrons. The van der Waals surface area contributed by atoms with Gasteiger partial charge < -0.3 is 10.2 Å². The van der Waals surface area contributed by atoms with Gasteiger partial charge in [-0.25, -0.2) is 0 Å². The minimum Gasteiger partial charge on any atom is -0.366 e. The van der Waals surface area contributed by atoms with Crippen molar-refractivity contribution in [1.82, 2.24) is 5.43 Å². The molecule has 0 aromatic heterocycles. The number of halogens is 1. The Balaban J connectivity index is 1.77. The van der Waals surface area contributed by atoms with E-state index in [9.17, 15) is 0 Å². The van der Waals surface area contributed by atoms with E-state index in [0.29, 0.717) is 16.1 Å². The van der Waals surface area contributed by atoms with Gasteiger partial charge in [-0.1, -0.05) is 43.6 Å². The molecule has 1 aliphatic heterocycles. The molecule has 2 aromatic rings. The molecule has 1 atom stereocenters. The van der Waals surface area contributed by atoms with Gasteiger partial charge in [0.2, 0.25) is 0 Å². The second-order valence-corrected chi connectivity index (χ2v) is 9.01. The number of rotatable bonds is 5. The minimum absolute atomic E-state index is 0.123. The molecule has 2 N–H and O–H groups in total. The van der Waals surface area contributed by atoms with Crippen molar-refractivity contribution < 1.29 is 0 Å². The number of anilines is 2. The summed E-state index contributed by atoms with van der Waals surface area (Å²) in [7, 11) is 0. The molecular formula is C23H29ClN4S. The first kappa shape index (κ1) is 21.6. The number of fused-ring (bicyclic) bond motifs is 1. The van der Waals surface area contributed by atoms with E-state index in [-0.39, 0.29) is 5.54 Å². The molecule has 0 fully saturated rings. The molecule has 1 heterocycles. The molecule has 1 unspecified atom stereocenters. The Hall–Kier alpha value is -2.11. The van der Waals surface area contributed by atoms with Gasteiger partial charge in [-0.3, -0.25) is 5.43 Å². The average Bonchev–Trinajstić information content (AvgIpc) is 2.66. The molecule has 6 heteroatoms. The molecule has 3 rings (SSSR count). The zero-order valence-corrected chi connectivity index (χ0v) is 19.1. The minimum atomic E-state index is 0.123. The standard InChI is InChI=1S/C23H29ClN4S/c1-5-11-28-21-13-20(24)17(12-19(21)16(2)14-23(28,3)4)15-25-27-22(29)26-18-9-7-6-8-10-18/h6-10,12-13,15-16H,5,11,14H2,1-4H3,(H2,26,27,29)/b25-15+. The Labute approximate surface area is 184 Å². The number of nitrogens with one attached hydrogen (secondary N) is 2. The zero-order chi connectivity index (χ0) is 21.0. The molecule has 1 aliphatic rings. The van der Waals surface area contributed by atoms with Crippen LogP contribution in [0.5, 0.6) is 0 Å². The van der Waals surface area contributed by atoms with Crippen molar-refractivity contribution in [2.75, 3.05) is 16.8 Å². The van der Waals surface area contributed by atoms with Crippen LogP contribution >= 0.6 is 23.8 Å². The molecule has 4 nitrogen and oxygen atoms in total. The third-order valence-electron chi connectivity index (χ3n) is 5.35. The highest BCUT2D eigenvalue weighted by Crippen LogP contribution is 2.45. The van der Waals surface area contributed by atoms with Crippen LogP contribution in [-0.2, 0) is 0 Å². The molecule has 0 amide bonds. The first-order chi connectivity index (χ1) is 13.8. The first-order valence-electron chi connectivity index (χ1n) is 10.1. The summed E-state index contributed by atoms with van der Waals surface area (Å²) in [6.45, 7) is 10.2. The summed E-state index contributed by atoms with van der Waals surface area (Å²) in [5.41, 5.74) is 7.36. The normalized spacial score (nSPS) is 17.8. The van der Waals surface area contributed by atoms with Crippen LogP contribution in [0.15, 0.2) is 47.6 Å². The topological polar surface area (TPSA) is 39.7 Å². The van der Waals surface area contributed by atoms with Crippen molar-refractivity contribution in [3.63, 3.8) is 0 Å². The lowest BCUT2D eigenvalue weighted by molar-refractivity contribution is 0.376. The molecule has 2 aromatic carbocycles. The number of hydrogen-bond donors (Lipinski definition) is 2. The van der Waals surface area contributed by atoms with Gasteiger partial charge in [0.1, 0.15) is 0 Å². The van der Waals surface area contributed by atoms with Crippen LogP contribution < -0.4 is 15.6 Å². The number of thiocarbonyl (C=S) groups is 1. The molecular weight excluding hydrogens is 400 g/mol. The summed E-state index contributed by atoms with van der Waals surface area (Å²) in [6.07, 6.45) is 3.95. The van der Waals surface area contributed by atoms with Gasteiger partial charge in [-0.15, -0.1) is 0 Å². The SMILES string of the molecule is CCCN1c2cc(Cl)c(/C=N/NC(=S)Nc3ccccc3)cc2C(C)CC1(C)C. The van der Waals surface area contributed by atoms with Gasteiger partial charge in [-0.2, -0.15) is 5.10 Å². The fourth-order valence-corrected chi connectivity index (χ4v) is 4.48. The van der Waals surface area contributed by atoms with Crippen LogP contribution in [0.4, 0.5) is 11.4 Å². The lowest BCUT2D eigenvalue weighted by Crippen LogP contribution is -2.48. The Bertz CT molecular complexity index is 895. The predicted molar refractivity (Wildman–Crippen MR) is 130 cm³/mol. The first-order valence-corrected chi connectivity index (χ1v) is 10.9. The Kier molecular flexibility index (Phi) is 6.81. The van der Waals surface area contributed by atoms with E-state index in [2.05, 4.69) is 60.6 Å². The van der Waals surface area contributed by atoms with Crippen molar-refractivity contribution in [2.24, 2.45) is 5.10 Å². The smallest absolute Gasteiger partial charge is 0.191 e. The van der Waals surface area contributed by atoms with Crippen LogP contribution in [0, 0.1) is 0 Å². The number of hydrazone groups is 1. The lowest BCUT2D eigenvalue weighted by Gasteiger charge is -2.47. The molecule has 0 bridgehead atoms. The predicted octanol–water partition coefficient (Wildman–Crippen LogP) is 6.16. The van der Waals surface area contributed by atoms with Crippen LogP contribution in [0.2, 0.25) is 5.02 Å². The third kappa shape index (κ3) is 5.09. The van der Waals surface area contributed by atoms with Gasteiger partial charge in [0, 0.05) is 29.0 Å². The summed E-state index contributed by atoms with van der Waals surface area (Å²) in [4.78, 5) is 2.49. The summed E-state index contributed by atoms with van der Waals surface area (Å²) in [5.74, 6) is 0.464. The van der Waals surface area contributed by atoms with E-state index < -0.39 is 0 Å². The zero-order valence-electron chi connectivity index (χ0n) is 17.5. The van der Waals surface area contributed by atoms with Gasteiger partial charge in [0.15, 0.2) is 5.11 Å². The summed E-state index contributed by atoms with van der Waals surface area (Å²) < 4.78 is 0. The van der Waals surface area contributed by atoms with Crippen molar-refractivity contribution in [2.45, 2.75) is 52.0 Å². The second kappa shape index (κ2) is 9.14. The molecule has 0 aliphatic carbocycles. The fraction of sp³-hybridized carbons (Fsp3) is 0.391.